The molecule has 0 heterocycles. The maximum Gasteiger partial charge on any atom is 0.142 e. The molecule has 0 saturated heterocycles. The molecular weight excluding hydrogens is 237 g/mol. The third kappa shape index (κ3) is 3.68. The van der Waals surface area contributed by atoms with Crippen LogP contribution in [0.5, 0.6) is 0 Å². The van der Waals surface area contributed by atoms with E-state index in [0.717, 1.165) is 12.0 Å². The van der Waals surface area contributed by atoms with Crippen molar-refractivity contribution in [1.29, 1.82) is 0 Å². The molecule has 0 aliphatic rings. The summed E-state index contributed by atoms with van der Waals surface area (Å²) < 4.78 is 13.3. The monoisotopic (exact) mass is 257 g/mol. The molecule has 2 unspecified atom stereocenters. The maximum absolute atomic E-state index is 13.3. The van der Waals surface area contributed by atoms with Crippen molar-refractivity contribution in [3.05, 3.63) is 34.6 Å². The molecule has 0 aliphatic heterocycles. The second-order valence-corrected chi connectivity index (χ2v) is 5.29. The topological polar surface area (TPSA) is 12.0 Å². The van der Waals surface area contributed by atoms with Gasteiger partial charge in [0.25, 0.3) is 0 Å². The van der Waals surface area contributed by atoms with Crippen LogP contribution in [0.2, 0.25) is 5.02 Å². The quantitative estimate of drug-likeness (QED) is 0.844. The van der Waals surface area contributed by atoms with E-state index in [4.69, 9.17) is 11.6 Å². The predicted molar refractivity (Wildman–Crippen MR) is 72.0 cm³/mol. The van der Waals surface area contributed by atoms with Gasteiger partial charge >= 0.3 is 0 Å². The molecule has 3 heteroatoms. The Morgan fingerprint density at radius 1 is 1.29 bits per heavy atom. The second-order valence-electron chi connectivity index (χ2n) is 4.92. The number of nitrogens with one attached hydrogen (secondary N) is 1. The smallest absolute Gasteiger partial charge is 0.142 e. The number of hydrogen-bond donors (Lipinski definition) is 1. The van der Waals surface area contributed by atoms with E-state index in [1.165, 1.54) is 6.07 Å². The first-order chi connectivity index (χ1) is 7.97. The van der Waals surface area contributed by atoms with E-state index in [1.54, 1.807) is 6.07 Å². The fourth-order valence-electron chi connectivity index (χ4n) is 1.96. The van der Waals surface area contributed by atoms with E-state index >= 15 is 0 Å². The van der Waals surface area contributed by atoms with Gasteiger partial charge < -0.3 is 5.32 Å². The molecule has 1 nitrogen and oxygen atoms in total. The summed E-state index contributed by atoms with van der Waals surface area (Å²) in [6, 6.07) is 5.31. The highest BCUT2D eigenvalue weighted by atomic mass is 35.5. The summed E-state index contributed by atoms with van der Waals surface area (Å²) >= 11 is 5.98. The number of halogens is 2. The average molecular weight is 258 g/mol. The molecule has 0 radical (unpaired) electrons. The lowest BCUT2D eigenvalue weighted by molar-refractivity contribution is 0.309. The Balaban J connectivity index is 2.84. The van der Waals surface area contributed by atoms with Gasteiger partial charge in [0.2, 0.25) is 0 Å². The van der Waals surface area contributed by atoms with E-state index in [9.17, 15) is 4.39 Å². The van der Waals surface area contributed by atoms with Crippen LogP contribution in [0.25, 0.3) is 0 Å². The van der Waals surface area contributed by atoms with Crippen LogP contribution in [0.3, 0.4) is 0 Å². The summed E-state index contributed by atoms with van der Waals surface area (Å²) in [5.41, 5.74) is 0.874. The standard InChI is InChI=1S/C14H21ClFN/c1-9(2)10(3)13(17-4)8-11-6-5-7-12(16)14(11)15/h5-7,9-10,13,17H,8H2,1-4H3. The molecule has 0 aromatic heterocycles. The van der Waals surface area contributed by atoms with Crippen molar-refractivity contribution in [2.24, 2.45) is 11.8 Å². The fraction of sp³-hybridized carbons (Fsp3) is 0.571. The minimum atomic E-state index is -0.337. The van der Waals surface area contributed by atoms with E-state index in [1.807, 2.05) is 13.1 Å². The largest absolute Gasteiger partial charge is 0.316 e. The van der Waals surface area contributed by atoms with E-state index < -0.39 is 0 Å². The van der Waals surface area contributed by atoms with Gasteiger partial charge in [-0.15, -0.1) is 0 Å². The van der Waals surface area contributed by atoms with Crippen LogP contribution in [0.4, 0.5) is 4.39 Å². The Bertz CT molecular complexity index is 365. The van der Waals surface area contributed by atoms with Gasteiger partial charge in [-0.1, -0.05) is 44.5 Å². The van der Waals surface area contributed by atoms with Gasteiger partial charge in [-0.05, 0) is 36.9 Å². The van der Waals surface area contributed by atoms with Crippen molar-refractivity contribution in [1.82, 2.24) is 5.32 Å². The van der Waals surface area contributed by atoms with Gasteiger partial charge in [0, 0.05) is 6.04 Å². The molecule has 0 fully saturated rings. The molecule has 0 amide bonds. The predicted octanol–water partition coefficient (Wildman–Crippen LogP) is 3.90. The lowest BCUT2D eigenvalue weighted by atomic mass is 9.87. The van der Waals surface area contributed by atoms with Crippen LogP contribution < -0.4 is 5.32 Å². The molecule has 2 atom stereocenters. The first-order valence-electron chi connectivity index (χ1n) is 6.07. The number of rotatable bonds is 5. The molecular formula is C14H21ClFN. The van der Waals surface area contributed by atoms with Crippen molar-refractivity contribution < 1.29 is 4.39 Å². The minimum absolute atomic E-state index is 0.253. The van der Waals surface area contributed by atoms with Crippen LogP contribution in [-0.4, -0.2) is 13.1 Å². The first-order valence-corrected chi connectivity index (χ1v) is 6.45. The molecule has 0 saturated carbocycles. The highest BCUT2D eigenvalue weighted by Gasteiger charge is 2.20. The van der Waals surface area contributed by atoms with E-state index in [0.29, 0.717) is 17.9 Å². The van der Waals surface area contributed by atoms with Crippen LogP contribution in [-0.2, 0) is 6.42 Å². The Morgan fingerprint density at radius 3 is 2.47 bits per heavy atom. The van der Waals surface area contributed by atoms with Crippen molar-refractivity contribution in [3.8, 4) is 0 Å². The van der Waals surface area contributed by atoms with Gasteiger partial charge in [0.05, 0.1) is 5.02 Å². The molecule has 1 N–H and O–H groups in total. The molecule has 0 bridgehead atoms. The van der Waals surface area contributed by atoms with Crippen LogP contribution in [0.1, 0.15) is 26.3 Å². The van der Waals surface area contributed by atoms with Crippen molar-refractivity contribution in [3.63, 3.8) is 0 Å². The zero-order chi connectivity index (χ0) is 13.0. The number of hydrogen-bond acceptors (Lipinski definition) is 1. The summed E-state index contributed by atoms with van der Waals surface area (Å²) in [6.45, 7) is 6.60. The fourth-order valence-corrected chi connectivity index (χ4v) is 2.16. The van der Waals surface area contributed by atoms with E-state index in [2.05, 4.69) is 26.1 Å². The molecule has 17 heavy (non-hydrogen) atoms. The number of likely N-dealkylation sites (N-methyl/N-ethyl adjacent to an activating group) is 1. The van der Waals surface area contributed by atoms with Gasteiger partial charge in [-0.3, -0.25) is 0 Å². The van der Waals surface area contributed by atoms with Crippen LogP contribution in [0, 0.1) is 17.7 Å². The van der Waals surface area contributed by atoms with Crippen LogP contribution in [0.15, 0.2) is 18.2 Å². The Labute approximate surface area is 108 Å². The van der Waals surface area contributed by atoms with Gasteiger partial charge in [-0.2, -0.15) is 0 Å². The highest BCUT2D eigenvalue weighted by molar-refractivity contribution is 6.31. The summed E-state index contributed by atoms with van der Waals surface area (Å²) in [5.74, 6) is 0.760. The van der Waals surface area contributed by atoms with Crippen LogP contribution >= 0.6 is 11.6 Å². The van der Waals surface area contributed by atoms with Crippen molar-refractivity contribution in [2.75, 3.05) is 7.05 Å². The zero-order valence-corrected chi connectivity index (χ0v) is 11.7. The molecule has 1 aromatic rings. The summed E-state index contributed by atoms with van der Waals surface area (Å²) in [5, 5.41) is 3.55. The molecule has 1 rings (SSSR count). The highest BCUT2D eigenvalue weighted by Crippen LogP contribution is 2.24. The molecule has 96 valence electrons. The molecule has 1 aromatic carbocycles. The van der Waals surface area contributed by atoms with Crippen molar-refractivity contribution >= 4 is 11.6 Å². The Morgan fingerprint density at radius 2 is 1.94 bits per heavy atom. The summed E-state index contributed by atoms with van der Waals surface area (Å²) in [6.07, 6.45) is 0.756. The normalized spacial score (nSPS) is 15.0. The minimum Gasteiger partial charge on any atom is -0.316 e. The summed E-state index contributed by atoms with van der Waals surface area (Å²) in [4.78, 5) is 0. The number of benzene rings is 1. The van der Waals surface area contributed by atoms with E-state index in [-0.39, 0.29) is 10.8 Å². The average Bonchev–Trinajstić information content (AvgIpc) is 2.30. The Kier molecular flexibility index (Phi) is 5.41. The Hall–Kier alpha value is -0.600. The SMILES string of the molecule is CNC(Cc1cccc(F)c1Cl)C(C)C(C)C. The van der Waals surface area contributed by atoms with Gasteiger partial charge in [0.15, 0.2) is 0 Å². The van der Waals surface area contributed by atoms with Gasteiger partial charge in [0.1, 0.15) is 5.82 Å². The maximum atomic E-state index is 13.3. The lowest BCUT2D eigenvalue weighted by Gasteiger charge is -2.27. The van der Waals surface area contributed by atoms with Gasteiger partial charge in [-0.25, -0.2) is 4.39 Å². The lowest BCUT2D eigenvalue weighted by Crippen LogP contribution is -2.36. The van der Waals surface area contributed by atoms with Crippen molar-refractivity contribution in [2.45, 2.75) is 33.2 Å². The molecule has 0 aliphatic carbocycles. The first kappa shape index (κ1) is 14.5. The zero-order valence-electron chi connectivity index (χ0n) is 10.9. The molecule has 0 spiro atoms. The third-order valence-electron chi connectivity index (χ3n) is 3.53. The third-order valence-corrected chi connectivity index (χ3v) is 3.95. The second kappa shape index (κ2) is 6.36. The summed E-state index contributed by atoms with van der Waals surface area (Å²) in [7, 11) is 1.94.